The van der Waals surface area contributed by atoms with E-state index in [4.69, 9.17) is 0 Å². The summed E-state index contributed by atoms with van der Waals surface area (Å²) in [5.74, 6) is 2.31. The lowest BCUT2D eigenvalue weighted by Gasteiger charge is -2.20. The molecule has 4 aliphatic rings. The zero-order chi connectivity index (χ0) is 7.71. The number of rotatable bonds is 1. The minimum Gasteiger partial charge on any atom is -0.153 e. The van der Waals surface area contributed by atoms with Crippen LogP contribution in [-0.4, -0.2) is 21.0 Å². The summed E-state index contributed by atoms with van der Waals surface area (Å²) >= 11 is 4.57. The van der Waals surface area contributed by atoms with Gasteiger partial charge in [-0.3, -0.25) is 0 Å². The molecule has 6 atom stereocenters. The second-order valence-electron chi connectivity index (χ2n) is 4.76. The molecule has 0 aromatic carbocycles. The van der Waals surface area contributed by atoms with Crippen molar-refractivity contribution in [3.63, 3.8) is 0 Å². The monoisotopic (exact) mass is 198 g/mol. The van der Waals surface area contributed by atoms with Gasteiger partial charge in [-0.1, -0.05) is 0 Å². The molecule has 2 saturated heterocycles. The molecule has 0 bridgehead atoms. The Bertz CT molecular complexity index is 204. The molecule has 0 aromatic rings. The molecule has 4 fully saturated rings. The Morgan fingerprint density at radius 2 is 1.17 bits per heavy atom. The van der Waals surface area contributed by atoms with Crippen molar-refractivity contribution in [1.82, 2.24) is 0 Å². The fourth-order valence-corrected chi connectivity index (χ4v) is 6.41. The average molecular weight is 198 g/mol. The van der Waals surface area contributed by atoms with Gasteiger partial charge in [-0.25, -0.2) is 0 Å². The second-order valence-corrected chi connectivity index (χ2v) is 7.60. The first-order valence-corrected chi connectivity index (χ1v) is 7.13. The van der Waals surface area contributed by atoms with Crippen LogP contribution in [0.15, 0.2) is 0 Å². The van der Waals surface area contributed by atoms with Gasteiger partial charge >= 0.3 is 0 Å². The van der Waals surface area contributed by atoms with Crippen LogP contribution in [0.3, 0.4) is 0 Å². The van der Waals surface area contributed by atoms with Crippen LogP contribution < -0.4 is 0 Å². The molecule has 0 radical (unpaired) electrons. The van der Waals surface area contributed by atoms with Crippen molar-refractivity contribution >= 4 is 23.5 Å². The summed E-state index contributed by atoms with van der Waals surface area (Å²) in [4.78, 5) is 0. The third-order valence-corrected chi connectivity index (χ3v) is 7.32. The van der Waals surface area contributed by atoms with E-state index in [1.165, 1.54) is 0 Å². The molecule has 0 N–H and O–H groups in total. The highest BCUT2D eigenvalue weighted by Gasteiger charge is 2.59. The highest BCUT2D eigenvalue weighted by Crippen LogP contribution is 2.65. The van der Waals surface area contributed by atoms with Crippen molar-refractivity contribution in [3.05, 3.63) is 0 Å². The number of hydrogen-bond donors (Lipinski definition) is 0. The van der Waals surface area contributed by atoms with Crippen LogP contribution >= 0.6 is 23.5 Å². The molecule has 0 amide bonds. The van der Waals surface area contributed by atoms with Gasteiger partial charge in [0.1, 0.15) is 0 Å². The number of thioether (sulfide) groups is 2. The molecule has 0 spiro atoms. The summed E-state index contributed by atoms with van der Waals surface area (Å²) in [5, 5.41) is 4.51. The Balaban J connectivity index is 1.56. The molecule has 0 aromatic heterocycles. The summed E-state index contributed by atoms with van der Waals surface area (Å²) in [5.41, 5.74) is 0. The normalized spacial score (nSPS) is 66.0. The topological polar surface area (TPSA) is 0 Å². The highest BCUT2D eigenvalue weighted by molar-refractivity contribution is 8.08. The van der Waals surface area contributed by atoms with E-state index in [1.54, 1.807) is 25.7 Å². The predicted molar refractivity (Wildman–Crippen MR) is 55.8 cm³/mol. The Morgan fingerprint density at radius 3 is 1.42 bits per heavy atom. The van der Waals surface area contributed by atoms with E-state index in [0.29, 0.717) is 0 Å². The van der Waals surface area contributed by atoms with Crippen LogP contribution in [0.1, 0.15) is 25.7 Å². The van der Waals surface area contributed by atoms with Crippen LogP contribution in [0.4, 0.5) is 0 Å². The van der Waals surface area contributed by atoms with Crippen molar-refractivity contribution in [2.24, 2.45) is 11.8 Å². The van der Waals surface area contributed by atoms with Gasteiger partial charge in [0, 0.05) is 21.0 Å². The lowest BCUT2D eigenvalue weighted by molar-refractivity contribution is 0.373. The minimum absolute atomic E-state index is 1.12. The van der Waals surface area contributed by atoms with E-state index >= 15 is 0 Å². The summed E-state index contributed by atoms with van der Waals surface area (Å²) in [6, 6.07) is 0. The molecule has 66 valence electrons. The van der Waals surface area contributed by atoms with E-state index in [1.807, 2.05) is 0 Å². The van der Waals surface area contributed by atoms with E-state index in [0.717, 1.165) is 32.8 Å². The maximum absolute atomic E-state index is 2.28. The summed E-state index contributed by atoms with van der Waals surface area (Å²) in [6.07, 6.45) is 6.27. The van der Waals surface area contributed by atoms with Gasteiger partial charge in [-0.2, -0.15) is 23.5 Å². The fraction of sp³-hybridized carbons (Fsp3) is 1.00. The molecule has 12 heavy (non-hydrogen) atoms. The summed E-state index contributed by atoms with van der Waals surface area (Å²) in [6.45, 7) is 0. The molecular weight excluding hydrogens is 184 g/mol. The quantitative estimate of drug-likeness (QED) is 0.594. The molecule has 0 nitrogen and oxygen atoms in total. The van der Waals surface area contributed by atoms with Gasteiger partial charge in [0.25, 0.3) is 0 Å². The minimum atomic E-state index is 1.12. The van der Waals surface area contributed by atoms with Crippen molar-refractivity contribution < 1.29 is 0 Å². The smallest absolute Gasteiger partial charge is 0.0201 e. The SMILES string of the molecule is C1CC(C2CCC3SC32)C2SC12. The van der Waals surface area contributed by atoms with Crippen LogP contribution in [0, 0.1) is 11.8 Å². The Labute approximate surface area is 82.2 Å². The maximum atomic E-state index is 2.28. The highest BCUT2D eigenvalue weighted by atomic mass is 32.2. The molecule has 2 heterocycles. The summed E-state index contributed by atoms with van der Waals surface area (Å²) < 4.78 is 0. The lowest BCUT2D eigenvalue weighted by atomic mass is 9.89. The largest absolute Gasteiger partial charge is 0.153 e. The van der Waals surface area contributed by atoms with Crippen molar-refractivity contribution in [2.75, 3.05) is 0 Å². The van der Waals surface area contributed by atoms with E-state index in [-0.39, 0.29) is 0 Å². The third-order valence-electron chi connectivity index (χ3n) is 4.21. The molecule has 2 heteroatoms. The predicted octanol–water partition coefficient (Wildman–Crippen LogP) is 2.77. The van der Waals surface area contributed by atoms with Crippen molar-refractivity contribution in [2.45, 2.75) is 46.7 Å². The van der Waals surface area contributed by atoms with Crippen molar-refractivity contribution in [1.29, 1.82) is 0 Å². The summed E-state index contributed by atoms with van der Waals surface area (Å²) in [7, 11) is 0. The average Bonchev–Trinajstić information content (AvgIpc) is 2.95. The van der Waals surface area contributed by atoms with Gasteiger partial charge in [0.15, 0.2) is 0 Å². The van der Waals surface area contributed by atoms with Gasteiger partial charge in [0.2, 0.25) is 0 Å². The molecule has 4 rings (SSSR count). The first kappa shape index (κ1) is 7.05. The van der Waals surface area contributed by atoms with Gasteiger partial charge < -0.3 is 0 Å². The van der Waals surface area contributed by atoms with Gasteiger partial charge in [-0.15, -0.1) is 0 Å². The second kappa shape index (κ2) is 2.20. The van der Waals surface area contributed by atoms with Crippen LogP contribution in [-0.2, 0) is 0 Å². The lowest BCUT2D eigenvalue weighted by Crippen LogP contribution is -2.18. The Morgan fingerprint density at radius 1 is 0.667 bits per heavy atom. The number of hydrogen-bond acceptors (Lipinski definition) is 2. The van der Waals surface area contributed by atoms with E-state index < -0.39 is 0 Å². The van der Waals surface area contributed by atoms with Gasteiger partial charge in [-0.05, 0) is 37.5 Å². The maximum Gasteiger partial charge on any atom is 0.0201 e. The Kier molecular flexibility index (Phi) is 1.29. The first-order chi connectivity index (χ1) is 5.93. The van der Waals surface area contributed by atoms with Crippen LogP contribution in [0.25, 0.3) is 0 Å². The fourth-order valence-electron chi connectivity index (χ4n) is 3.49. The zero-order valence-corrected chi connectivity index (χ0v) is 8.74. The van der Waals surface area contributed by atoms with Crippen LogP contribution in [0.2, 0.25) is 0 Å². The third kappa shape index (κ3) is 0.836. The molecular formula is C10H14S2. The first-order valence-electron chi connectivity index (χ1n) is 5.24. The zero-order valence-electron chi connectivity index (χ0n) is 7.11. The molecule has 2 aliphatic heterocycles. The van der Waals surface area contributed by atoms with Crippen molar-refractivity contribution in [3.8, 4) is 0 Å². The van der Waals surface area contributed by atoms with Crippen LogP contribution in [0.5, 0.6) is 0 Å². The molecule has 6 unspecified atom stereocenters. The standard InChI is InChI=1S/C10H14S2/c1-3-7-9(11-7)5(1)6-2-4-8-10(6)12-8/h5-10H,1-4H2. The molecule has 2 saturated carbocycles. The number of fused-ring (bicyclic) bond motifs is 2. The van der Waals surface area contributed by atoms with Gasteiger partial charge in [0.05, 0.1) is 0 Å². The van der Waals surface area contributed by atoms with E-state index in [2.05, 4.69) is 23.5 Å². The Hall–Kier alpha value is 0.700. The molecule has 2 aliphatic carbocycles. The van der Waals surface area contributed by atoms with E-state index in [9.17, 15) is 0 Å².